The largest absolute Gasteiger partial charge is 0.359 e. The van der Waals surface area contributed by atoms with Crippen LogP contribution in [0.2, 0.25) is 0 Å². The van der Waals surface area contributed by atoms with E-state index in [1.165, 1.54) is 0 Å². The van der Waals surface area contributed by atoms with Crippen molar-refractivity contribution in [2.75, 3.05) is 65.3 Å². The van der Waals surface area contributed by atoms with Gasteiger partial charge in [0.15, 0.2) is 5.96 Å². The number of likely N-dealkylation sites (N-methyl/N-ethyl adjacent to an activating group) is 1. The molecule has 0 atom stereocenters. The van der Waals surface area contributed by atoms with Gasteiger partial charge in [-0.2, -0.15) is 0 Å². The second kappa shape index (κ2) is 10.4. The first-order valence-electron chi connectivity index (χ1n) is 10.6. The monoisotopic (exact) mass is 401 g/mol. The van der Waals surface area contributed by atoms with Gasteiger partial charge in [0, 0.05) is 72.5 Å². The van der Waals surface area contributed by atoms with Crippen LogP contribution in [-0.4, -0.2) is 87.1 Å². The Kier molecular flexibility index (Phi) is 7.69. The van der Waals surface area contributed by atoms with Gasteiger partial charge in [0.05, 0.1) is 0 Å². The van der Waals surface area contributed by atoms with Crippen molar-refractivity contribution in [3.8, 4) is 0 Å². The van der Waals surface area contributed by atoms with Crippen LogP contribution in [0.5, 0.6) is 0 Å². The number of guanidine groups is 1. The molecular weight excluding hydrogens is 366 g/mol. The minimum atomic E-state index is 0.137. The minimum Gasteiger partial charge on any atom is -0.359 e. The lowest BCUT2D eigenvalue weighted by Gasteiger charge is -2.34. The number of piperidine rings is 1. The average Bonchev–Trinajstić information content (AvgIpc) is 2.76. The topological polar surface area (TPSA) is 76.1 Å². The summed E-state index contributed by atoms with van der Waals surface area (Å²) in [5.74, 6) is 2.59. The van der Waals surface area contributed by atoms with Gasteiger partial charge in [0.25, 0.3) is 0 Å². The van der Waals surface area contributed by atoms with Gasteiger partial charge in [0.1, 0.15) is 5.82 Å². The predicted octanol–water partition coefficient (Wildman–Crippen LogP) is 0.757. The van der Waals surface area contributed by atoms with Gasteiger partial charge in [-0.05, 0) is 37.4 Å². The fourth-order valence-electron chi connectivity index (χ4n) is 3.97. The molecule has 1 aromatic heterocycles. The van der Waals surface area contributed by atoms with Crippen molar-refractivity contribution >= 4 is 17.7 Å². The summed E-state index contributed by atoms with van der Waals surface area (Å²) >= 11 is 0. The molecule has 0 bridgehead atoms. The second-order valence-electron chi connectivity index (χ2n) is 8.02. The van der Waals surface area contributed by atoms with Crippen LogP contribution in [0.4, 0.5) is 5.82 Å². The van der Waals surface area contributed by atoms with E-state index in [0.717, 1.165) is 69.5 Å². The number of anilines is 1. The van der Waals surface area contributed by atoms with Crippen LogP contribution < -0.4 is 15.5 Å². The summed E-state index contributed by atoms with van der Waals surface area (Å²) in [4.78, 5) is 27.7. The van der Waals surface area contributed by atoms with Crippen LogP contribution in [0.3, 0.4) is 0 Å². The maximum Gasteiger partial charge on any atom is 0.220 e. The number of nitrogens with zero attached hydrogens (tertiary/aromatic N) is 5. The number of aromatic nitrogens is 1. The predicted molar refractivity (Wildman–Crippen MR) is 117 cm³/mol. The number of amides is 1. The van der Waals surface area contributed by atoms with Crippen LogP contribution >= 0.6 is 0 Å². The van der Waals surface area contributed by atoms with E-state index in [1.54, 1.807) is 7.05 Å². The highest BCUT2D eigenvalue weighted by Gasteiger charge is 2.23. The molecular formula is C21H35N7O. The van der Waals surface area contributed by atoms with E-state index in [0.29, 0.717) is 18.9 Å². The van der Waals surface area contributed by atoms with E-state index in [-0.39, 0.29) is 5.91 Å². The molecule has 0 aromatic carbocycles. The van der Waals surface area contributed by atoms with E-state index in [9.17, 15) is 4.79 Å². The van der Waals surface area contributed by atoms with Gasteiger partial charge >= 0.3 is 0 Å². The Bertz CT molecular complexity index is 675. The van der Waals surface area contributed by atoms with E-state index < -0.39 is 0 Å². The quantitative estimate of drug-likeness (QED) is 0.560. The molecule has 160 valence electrons. The number of pyridine rings is 1. The molecule has 2 fully saturated rings. The number of piperazine rings is 1. The van der Waals surface area contributed by atoms with Crippen molar-refractivity contribution < 1.29 is 4.79 Å². The molecule has 29 heavy (non-hydrogen) atoms. The van der Waals surface area contributed by atoms with Gasteiger partial charge in [-0.15, -0.1) is 0 Å². The molecule has 2 aliphatic heterocycles. The number of carbonyl (C=O) groups excluding carboxylic acids is 1. The number of aliphatic imine (C=N–C) groups is 1. The normalized spacial score (nSPS) is 19.3. The molecule has 2 saturated heterocycles. The summed E-state index contributed by atoms with van der Waals surface area (Å²) in [5, 5.41) is 6.19. The first-order valence-corrected chi connectivity index (χ1v) is 10.6. The second-order valence-corrected chi connectivity index (χ2v) is 8.02. The Morgan fingerprint density at radius 1 is 1.17 bits per heavy atom. The van der Waals surface area contributed by atoms with Crippen LogP contribution in [-0.2, 0) is 11.3 Å². The lowest BCUT2D eigenvalue weighted by molar-refractivity contribution is -0.121. The molecule has 0 aliphatic carbocycles. The Hall–Kier alpha value is -2.35. The highest BCUT2D eigenvalue weighted by molar-refractivity contribution is 5.80. The van der Waals surface area contributed by atoms with Gasteiger partial charge in [-0.25, -0.2) is 4.98 Å². The van der Waals surface area contributed by atoms with Crippen molar-refractivity contribution in [3.05, 3.63) is 23.9 Å². The lowest BCUT2D eigenvalue weighted by atomic mass is 9.93. The maximum atomic E-state index is 11.6. The summed E-state index contributed by atoms with van der Waals surface area (Å²) in [7, 11) is 5.69. The first kappa shape index (κ1) is 21.4. The van der Waals surface area contributed by atoms with Crippen molar-refractivity contribution in [2.24, 2.45) is 10.9 Å². The zero-order chi connectivity index (χ0) is 20.6. The third kappa shape index (κ3) is 6.06. The van der Waals surface area contributed by atoms with Gasteiger partial charge in [0.2, 0.25) is 5.91 Å². The Morgan fingerprint density at radius 3 is 2.48 bits per heavy atom. The van der Waals surface area contributed by atoms with Crippen molar-refractivity contribution in [1.82, 2.24) is 25.4 Å². The summed E-state index contributed by atoms with van der Waals surface area (Å²) < 4.78 is 0. The Morgan fingerprint density at radius 2 is 1.90 bits per heavy atom. The molecule has 0 saturated carbocycles. The van der Waals surface area contributed by atoms with E-state index in [2.05, 4.69) is 54.5 Å². The summed E-state index contributed by atoms with van der Waals surface area (Å²) in [6, 6.07) is 4.27. The molecule has 1 aromatic rings. The molecule has 2 aliphatic rings. The van der Waals surface area contributed by atoms with Crippen LogP contribution in [0, 0.1) is 5.92 Å². The summed E-state index contributed by atoms with van der Waals surface area (Å²) in [6.45, 7) is 6.81. The molecule has 2 N–H and O–H groups in total. The molecule has 8 heteroatoms. The van der Waals surface area contributed by atoms with E-state index in [4.69, 9.17) is 0 Å². The van der Waals surface area contributed by atoms with Crippen molar-refractivity contribution in [2.45, 2.75) is 25.8 Å². The third-order valence-electron chi connectivity index (χ3n) is 5.97. The standard InChI is InChI=1S/C21H35N7O/c1-22-20(29)14-17-6-8-28(9-7-17)21(23-2)25-16-18-4-5-19(24-15-18)27-12-10-26(3)11-13-27/h4-5,15,17H,6-14,16H2,1-3H3,(H,22,29)(H,23,25). The van der Waals surface area contributed by atoms with Crippen molar-refractivity contribution in [1.29, 1.82) is 0 Å². The number of likely N-dealkylation sites (tertiary alicyclic amines) is 1. The SMILES string of the molecule is CN=C(NCc1ccc(N2CCN(C)CC2)nc1)N1CCC(CC(=O)NC)CC1. The molecule has 0 spiro atoms. The molecule has 1 amide bonds. The Labute approximate surface area is 174 Å². The number of nitrogens with one attached hydrogen (secondary N) is 2. The molecule has 3 rings (SSSR count). The number of carbonyl (C=O) groups is 1. The van der Waals surface area contributed by atoms with Crippen LogP contribution in [0.15, 0.2) is 23.3 Å². The van der Waals surface area contributed by atoms with Gasteiger partial charge < -0.3 is 25.3 Å². The number of hydrogen-bond acceptors (Lipinski definition) is 5. The van der Waals surface area contributed by atoms with Crippen LogP contribution in [0.1, 0.15) is 24.8 Å². The molecule has 3 heterocycles. The number of rotatable bonds is 5. The van der Waals surface area contributed by atoms with Gasteiger partial charge in [-0.1, -0.05) is 6.07 Å². The van der Waals surface area contributed by atoms with E-state index in [1.807, 2.05) is 13.2 Å². The molecule has 0 radical (unpaired) electrons. The Balaban J connectivity index is 1.45. The smallest absolute Gasteiger partial charge is 0.220 e. The zero-order valence-electron chi connectivity index (χ0n) is 18.0. The van der Waals surface area contributed by atoms with E-state index >= 15 is 0 Å². The summed E-state index contributed by atoms with van der Waals surface area (Å²) in [5.41, 5.74) is 1.15. The highest BCUT2D eigenvalue weighted by atomic mass is 16.1. The lowest BCUT2D eigenvalue weighted by Crippen LogP contribution is -2.45. The fraction of sp³-hybridized carbons (Fsp3) is 0.667. The fourth-order valence-corrected chi connectivity index (χ4v) is 3.97. The van der Waals surface area contributed by atoms with Crippen molar-refractivity contribution in [3.63, 3.8) is 0 Å². The van der Waals surface area contributed by atoms with Crippen LogP contribution in [0.25, 0.3) is 0 Å². The molecule has 8 nitrogen and oxygen atoms in total. The highest BCUT2D eigenvalue weighted by Crippen LogP contribution is 2.20. The van der Waals surface area contributed by atoms with Gasteiger partial charge in [-0.3, -0.25) is 9.79 Å². The third-order valence-corrected chi connectivity index (χ3v) is 5.97. The zero-order valence-corrected chi connectivity index (χ0v) is 18.0. The average molecular weight is 402 g/mol. The molecule has 0 unspecified atom stereocenters. The maximum absolute atomic E-state index is 11.6. The summed E-state index contributed by atoms with van der Waals surface area (Å²) in [6.07, 6.45) is 4.63. The minimum absolute atomic E-state index is 0.137. The number of hydrogen-bond donors (Lipinski definition) is 2. The first-order chi connectivity index (χ1) is 14.1.